The number of carbonyl (C=O) groups is 1. The molecule has 20 heavy (non-hydrogen) atoms. The molecule has 2 heterocycles. The number of thiophene rings is 1. The van der Waals surface area contributed by atoms with Crippen LogP contribution in [-0.2, 0) is 0 Å². The van der Waals surface area contributed by atoms with E-state index in [0.29, 0.717) is 16.3 Å². The summed E-state index contributed by atoms with van der Waals surface area (Å²) in [4.78, 5) is 26.0. The maximum atomic E-state index is 12.6. The van der Waals surface area contributed by atoms with E-state index in [0.717, 1.165) is 25.9 Å². The number of hydrogen-bond donors (Lipinski definition) is 1. The van der Waals surface area contributed by atoms with Crippen molar-refractivity contribution in [2.75, 3.05) is 19.6 Å². The van der Waals surface area contributed by atoms with E-state index in [4.69, 9.17) is 0 Å². The summed E-state index contributed by atoms with van der Waals surface area (Å²) < 4.78 is 0. The van der Waals surface area contributed by atoms with Crippen molar-refractivity contribution >= 4 is 22.9 Å². The van der Waals surface area contributed by atoms with Gasteiger partial charge in [-0.3, -0.25) is 14.9 Å². The Kier molecular flexibility index (Phi) is 4.72. The molecule has 7 heteroatoms. The van der Waals surface area contributed by atoms with Crippen LogP contribution in [0.5, 0.6) is 0 Å². The average molecular weight is 297 g/mol. The number of nitrogens with zero attached hydrogens (tertiary/aromatic N) is 2. The molecule has 0 aromatic carbocycles. The lowest BCUT2D eigenvalue weighted by molar-refractivity contribution is -0.385. The molecule has 1 aromatic heterocycles. The van der Waals surface area contributed by atoms with E-state index in [2.05, 4.69) is 5.32 Å². The number of nitro groups is 1. The fourth-order valence-electron chi connectivity index (χ4n) is 2.50. The van der Waals surface area contributed by atoms with Crippen molar-refractivity contribution < 1.29 is 9.72 Å². The molecule has 0 bridgehead atoms. The molecule has 1 N–H and O–H groups in total. The number of carbonyl (C=O) groups excluding carboxylic acids is 1. The van der Waals surface area contributed by atoms with Gasteiger partial charge in [-0.25, -0.2) is 0 Å². The van der Waals surface area contributed by atoms with Crippen molar-refractivity contribution in [1.29, 1.82) is 0 Å². The van der Waals surface area contributed by atoms with Gasteiger partial charge in [0.2, 0.25) is 0 Å². The van der Waals surface area contributed by atoms with Gasteiger partial charge in [0.1, 0.15) is 0 Å². The third kappa shape index (κ3) is 2.99. The SMILES string of the molecule is CCCN(C(=O)c1cc([N+](=O)[O-])c(C)s1)C1CCNC1. The van der Waals surface area contributed by atoms with E-state index in [-0.39, 0.29) is 17.6 Å². The van der Waals surface area contributed by atoms with Crippen LogP contribution >= 0.6 is 11.3 Å². The van der Waals surface area contributed by atoms with Gasteiger partial charge in [0.05, 0.1) is 14.7 Å². The standard InChI is InChI=1S/C13H19N3O3S/c1-3-6-15(10-4-5-14-8-10)13(17)12-7-11(16(18)19)9(2)20-12/h7,10,14H,3-6,8H2,1-2H3. The van der Waals surface area contributed by atoms with Gasteiger partial charge >= 0.3 is 0 Å². The highest BCUT2D eigenvalue weighted by molar-refractivity contribution is 7.14. The van der Waals surface area contributed by atoms with Crippen molar-refractivity contribution in [2.45, 2.75) is 32.7 Å². The zero-order valence-corrected chi connectivity index (χ0v) is 12.5. The summed E-state index contributed by atoms with van der Waals surface area (Å²) in [6, 6.07) is 1.61. The molecule has 2 rings (SSSR count). The lowest BCUT2D eigenvalue weighted by Gasteiger charge is -2.27. The molecule has 110 valence electrons. The molecule has 1 amide bonds. The van der Waals surface area contributed by atoms with Crippen LogP contribution < -0.4 is 5.32 Å². The highest BCUT2D eigenvalue weighted by Gasteiger charge is 2.29. The first-order chi connectivity index (χ1) is 9.54. The Balaban J connectivity index is 2.22. The van der Waals surface area contributed by atoms with Gasteiger partial charge in [-0.15, -0.1) is 11.3 Å². The Morgan fingerprint density at radius 2 is 2.40 bits per heavy atom. The highest BCUT2D eigenvalue weighted by atomic mass is 32.1. The van der Waals surface area contributed by atoms with Crippen LogP contribution in [0.4, 0.5) is 5.69 Å². The number of nitrogens with one attached hydrogen (secondary N) is 1. The first kappa shape index (κ1) is 14.9. The fraction of sp³-hybridized carbons (Fsp3) is 0.615. The Morgan fingerprint density at radius 1 is 1.65 bits per heavy atom. The largest absolute Gasteiger partial charge is 0.334 e. The van der Waals surface area contributed by atoms with Crippen LogP contribution in [0.25, 0.3) is 0 Å². The zero-order chi connectivity index (χ0) is 14.7. The predicted molar refractivity (Wildman–Crippen MR) is 78.3 cm³/mol. The van der Waals surface area contributed by atoms with Gasteiger partial charge in [-0.2, -0.15) is 0 Å². The van der Waals surface area contributed by atoms with Crippen LogP contribution in [0.3, 0.4) is 0 Å². The molecule has 1 fully saturated rings. The maximum absolute atomic E-state index is 12.6. The number of aryl methyl sites for hydroxylation is 1. The summed E-state index contributed by atoms with van der Waals surface area (Å²) in [5.41, 5.74) is 0.0411. The smallest absolute Gasteiger partial charge is 0.283 e. The number of rotatable bonds is 5. The summed E-state index contributed by atoms with van der Waals surface area (Å²) >= 11 is 1.21. The number of amides is 1. The van der Waals surface area contributed by atoms with E-state index in [9.17, 15) is 14.9 Å². The van der Waals surface area contributed by atoms with Crippen LogP contribution in [0.2, 0.25) is 0 Å². The fourth-order valence-corrected chi connectivity index (χ4v) is 3.44. The average Bonchev–Trinajstić information content (AvgIpc) is 3.04. The van der Waals surface area contributed by atoms with Crippen LogP contribution in [-0.4, -0.2) is 41.4 Å². The second kappa shape index (κ2) is 6.32. The summed E-state index contributed by atoms with van der Waals surface area (Å²) in [5, 5.41) is 14.1. The first-order valence-corrected chi connectivity index (χ1v) is 7.62. The summed E-state index contributed by atoms with van der Waals surface area (Å²) in [6.07, 6.45) is 1.83. The second-order valence-electron chi connectivity index (χ2n) is 4.95. The Labute approximate surface area is 121 Å². The Hall–Kier alpha value is -1.47. The van der Waals surface area contributed by atoms with Crippen LogP contribution in [0.15, 0.2) is 6.07 Å². The lowest BCUT2D eigenvalue weighted by Crippen LogP contribution is -2.41. The van der Waals surface area contributed by atoms with Crippen molar-refractivity contribution in [3.8, 4) is 0 Å². The molecule has 0 radical (unpaired) electrons. The summed E-state index contributed by atoms with van der Waals surface area (Å²) in [6.45, 7) is 6.13. The maximum Gasteiger partial charge on any atom is 0.283 e. The summed E-state index contributed by atoms with van der Waals surface area (Å²) in [5.74, 6) is -0.0817. The minimum absolute atomic E-state index is 0.0411. The minimum Gasteiger partial charge on any atom is -0.334 e. The van der Waals surface area contributed by atoms with Gasteiger partial charge in [0.15, 0.2) is 0 Å². The molecule has 1 unspecified atom stereocenters. The van der Waals surface area contributed by atoms with Gasteiger partial charge in [0, 0.05) is 25.2 Å². The normalized spacial score (nSPS) is 18.2. The van der Waals surface area contributed by atoms with Gasteiger partial charge in [0.25, 0.3) is 11.6 Å². The third-order valence-electron chi connectivity index (χ3n) is 3.50. The van der Waals surface area contributed by atoms with E-state index >= 15 is 0 Å². The zero-order valence-electron chi connectivity index (χ0n) is 11.7. The summed E-state index contributed by atoms with van der Waals surface area (Å²) in [7, 11) is 0. The molecule has 1 aromatic rings. The molecule has 0 saturated carbocycles. The molecule has 0 spiro atoms. The molecule has 1 atom stereocenters. The minimum atomic E-state index is -0.427. The molecule has 1 saturated heterocycles. The van der Waals surface area contributed by atoms with E-state index in [1.165, 1.54) is 17.4 Å². The van der Waals surface area contributed by atoms with Gasteiger partial charge < -0.3 is 10.2 Å². The van der Waals surface area contributed by atoms with E-state index < -0.39 is 4.92 Å². The molecule has 0 aliphatic carbocycles. The molecular weight excluding hydrogens is 278 g/mol. The third-order valence-corrected chi connectivity index (χ3v) is 4.53. The highest BCUT2D eigenvalue weighted by Crippen LogP contribution is 2.29. The van der Waals surface area contributed by atoms with Crippen molar-refractivity contribution in [3.05, 3.63) is 25.9 Å². The molecule has 6 nitrogen and oxygen atoms in total. The first-order valence-electron chi connectivity index (χ1n) is 6.81. The van der Waals surface area contributed by atoms with Crippen molar-refractivity contribution in [1.82, 2.24) is 10.2 Å². The molecule has 1 aliphatic heterocycles. The van der Waals surface area contributed by atoms with Crippen LogP contribution in [0.1, 0.15) is 34.3 Å². The number of hydrogen-bond acceptors (Lipinski definition) is 5. The molecule has 1 aliphatic rings. The van der Waals surface area contributed by atoms with Crippen LogP contribution in [0, 0.1) is 17.0 Å². The van der Waals surface area contributed by atoms with E-state index in [1.54, 1.807) is 6.92 Å². The van der Waals surface area contributed by atoms with Crippen molar-refractivity contribution in [3.63, 3.8) is 0 Å². The quantitative estimate of drug-likeness (QED) is 0.667. The molecular formula is C13H19N3O3S. The topological polar surface area (TPSA) is 75.5 Å². The van der Waals surface area contributed by atoms with Gasteiger partial charge in [-0.05, 0) is 26.3 Å². The van der Waals surface area contributed by atoms with Gasteiger partial charge in [-0.1, -0.05) is 6.92 Å². The van der Waals surface area contributed by atoms with Crippen molar-refractivity contribution in [2.24, 2.45) is 0 Å². The Morgan fingerprint density at radius 3 is 2.90 bits per heavy atom. The Bertz CT molecular complexity index is 509. The predicted octanol–water partition coefficient (Wildman–Crippen LogP) is 2.18. The van der Waals surface area contributed by atoms with E-state index in [1.807, 2.05) is 11.8 Å². The monoisotopic (exact) mass is 297 g/mol. The second-order valence-corrected chi connectivity index (χ2v) is 6.21. The lowest BCUT2D eigenvalue weighted by atomic mass is 10.2.